The highest BCUT2D eigenvalue weighted by Gasteiger charge is 2.23. The SMILES string of the molecule is COC(=O)[C@H](CCCCCC(C)=O)N(C)Cc1ccccc1. The summed E-state index contributed by atoms with van der Waals surface area (Å²) in [6.07, 6.45) is 4.17. The molecule has 122 valence electrons. The first kappa shape index (κ1) is 18.4. The molecule has 0 saturated carbocycles. The average molecular weight is 305 g/mol. The standard InChI is InChI=1S/C18H27NO3/c1-15(20)10-6-4-9-13-17(18(21)22-3)19(2)14-16-11-7-5-8-12-16/h5,7-8,11-12,17H,4,6,9-10,13-14H2,1-3H3/t17-/m0/s1. The molecule has 0 aliphatic rings. The molecule has 1 rings (SSSR count). The van der Waals surface area contributed by atoms with Crippen LogP contribution >= 0.6 is 0 Å². The Hall–Kier alpha value is -1.68. The predicted molar refractivity (Wildman–Crippen MR) is 87.5 cm³/mol. The summed E-state index contributed by atoms with van der Waals surface area (Å²) in [6.45, 7) is 2.33. The van der Waals surface area contributed by atoms with Crippen molar-refractivity contribution in [2.75, 3.05) is 14.2 Å². The van der Waals surface area contributed by atoms with E-state index < -0.39 is 0 Å². The maximum atomic E-state index is 12.0. The molecule has 4 heteroatoms. The molecule has 1 aromatic carbocycles. The lowest BCUT2D eigenvalue weighted by Crippen LogP contribution is -2.38. The van der Waals surface area contributed by atoms with E-state index in [-0.39, 0.29) is 17.8 Å². The van der Waals surface area contributed by atoms with Gasteiger partial charge in [0, 0.05) is 13.0 Å². The predicted octanol–water partition coefficient (Wildman–Crippen LogP) is 3.20. The molecule has 0 heterocycles. The van der Waals surface area contributed by atoms with Crippen molar-refractivity contribution in [3.8, 4) is 0 Å². The zero-order chi connectivity index (χ0) is 16.4. The van der Waals surface area contributed by atoms with Crippen molar-refractivity contribution < 1.29 is 14.3 Å². The number of benzene rings is 1. The number of rotatable bonds is 10. The van der Waals surface area contributed by atoms with E-state index in [1.807, 2.05) is 30.1 Å². The van der Waals surface area contributed by atoms with Crippen molar-refractivity contribution in [3.05, 3.63) is 35.9 Å². The molecule has 0 fully saturated rings. The van der Waals surface area contributed by atoms with Crippen LogP contribution < -0.4 is 0 Å². The van der Waals surface area contributed by atoms with E-state index in [2.05, 4.69) is 12.1 Å². The van der Waals surface area contributed by atoms with Gasteiger partial charge in [-0.1, -0.05) is 43.2 Å². The van der Waals surface area contributed by atoms with Crippen LogP contribution in [0.25, 0.3) is 0 Å². The van der Waals surface area contributed by atoms with E-state index in [1.165, 1.54) is 12.7 Å². The highest BCUT2D eigenvalue weighted by Crippen LogP contribution is 2.14. The van der Waals surface area contributed by atoms with E-state index in [0.29, 0.717) is 13.0 Å². The minimum Gasteiger partial charge on any atom is -0.468 e. The van der Waals surface area contributed by atoms with Crippen molar-refractivity contribution in [1.82, 2.24) is 4.90 Å². The number of nitrogens with zero attached hydrogens (tertiary/aromatic N) is 1. The Labute approximate surface area is 133 Å². The highest BCUT2D eigenvalue weighted by molar-refractivity contribution is 5.75. The van der Waals surface area contributed by atoms with Crippen LogP contribution in [0.2, 0.25) is 0 Å². The van der Waals surface area contributed by atoms with Crippen molar-refractivity contribution in [3.63, 3.8) is 0 Å². The molecule has 4 nitrogen and oxygen atoms in total. The molecular formula is C18H27NO3. The van der Waals surface area contributed by atoms with E-state index in [1.54, 1.807) is 6.92 Å². The van der Waals surface area contributed by atoms with Gasteiger partial charge in [0.2, 0.25) is 0 Å². The lowest BCUT2D eigenvalue weighted by molar-refractivity contribution is -0.147. The van der Waals surface area contributed by atoms with Gasteiger partial charge in [0.15, 0.2) is 0 Å². The first-order chi connectivity index (χ1) is 10.5. The Morgan fingerprint density at radius 2 is 1.82 bits per heavy atom. The van der Waals surface area contributed by atoms with Gasteiger partial charge in [0.25, 0.3) is 0 Å². The third kappa shape index (κ3) is 6.85. The summed E-state index contributed by atoms with van der Waals surface area (Å²) in [7, 11) is 3.38. The fourth-order valence-corrected chi connectivity index (χ4v) is 2.52. The number of carbonyl (C=O) groups excluding carboxylic acids is 2. The molecule has 0 saturated heterocycles. The van der Waals surface area contributed by atoms with Crippen LogP contribution in [0.1, 0.15) is 44.6 Å². The second-order valence-corrected chi connectivity index (χ2v) is 5.74. The Bertz CT molecular complexity index is 459. The lowest BCUT2D eigenvalue weighted by Gasteiger charge is -2.26. The molecule has 0 spiro atoms. The fourth-order valence-electron chi connectivity index (χ4n) is 2.52. The molecule has 0 N–H and O–H groups in total. The molecule has 0 unspecified atom stereocenters. The molecule has 0 amide bonds. The molecule has 1 atom stereocenters. The van der Waals surface area contributed by atoms with Gasteiger partial charge in [-0.05, 0) is 32.4 Å². The van der Waals surface area contributed by atoms with Crippen molar-refractivity contribution in [2.24, 2.45) is 0 Å². The number of Topliss-reactive ketones (excluding diaryl/α,β-unsaturated/α-hetero) is 1. The van der Waals surface area contributed by atoms with Crippen LogP contribution in [0.4, 0.5) is 0 Å². The summed E-state index contributed by atoms with van der Waals surface area (Å²) < 4.78 is 4.93. The van der Waals surface area contributed by atoms with Gasteiger partial charge in [0.05, 0.1) is 7.11 Å². The molecule has 0 radical (unpaired) electrons. The van der Waals surface area contributed by atoms with Crippen molar-refractivity contribution in [1.29, 1.82) is 0 Å². The second-order valence-electron chi connectivity index (χ2n) is 5.74. The molecule has 0 bridgehead atoms. The number of esters is 1. The molecule has 0 aromatic heterocycles. The summed E-state index contributed by atoms with van der Waals surface area (Å²) in [5.74, 6) is 0.0377. The summed E-state index contributed by atoms with van der Waals surface area (Å²) >= 11 is 0. The van der Waals surface area contributed by atoms with E-state index in [4.69, 9.17) is 4.74 Å². The van der Waals surface area contributed by atoms with Gasteiger partial charge in [0.1, 0.15) is 11.8 Å². The number of ether oxygens (including phenoxy) is 1. The van der Waals surface area contributed by atoms with Crippen LogP contribution in [-0.4, -0.2) is 36.9 Å². The zero-order valence-electron chi connectivity index (χ0n) is 13.9. The molecule has 1 aromatic rings. The van der Waals surface area contributed by atoms with Gasteiger partial charge in [-0.15, -0.1) is 0 Å². The largest absolute Gasteiger partial charge is 0.468 e. The van der Waals surface area contributed by atoms with Crippen LogP contribution in [0.15, 0.2) is 30.3 Å². The van der Waals surface area contributed by atoms with Crippen molar-refractivity contribution >= 4 is 11.8 Å². The Morgan fingerprint density at radius 3 is 2.41 bits per heavy atom. The van der Waals surface area contributed by atoms with Gasteiger partial charge in [-0.2, -0.15) is 0 Å². The maximum absolute atomic E-state index is 12.0. The maximum Gasteiger partial charge on any atom is 0.323 e. The topological polar surface area (TPSA) is 46.6 Å². The summed E-state index contributed by atoms with van der Waals surface area (Å²) in [5, 5.41) is 0. The summed E-state index contributed by atoms with van der Waals surface area (Å²) in [4.78, 5) is 25.0. The van der Waals surface area contributed by atoms with E-state index >= 15 is 0 Å². The van der Waals surface area contributed by atoms with Gasteiger partial charge in [-0.3, -0.25) is 9.69 Å². The number of hydrogen-bond donors (Lipinski definition) is 0. The monoisotopic (exact) mass is 305 g/mol. The van der Waals surface area contributed by atoms with Crippen molar-refractivity contribution in [2.45, 2.75) is 51.6 Å². The normalized spacial score (nSPS) is 12.2. The number of ketones is 1. The quantitative estimate of drug-likeness (QED) is 0.492. The Morgan fingerprint density at radius 1 is 1.14 bits per heavy atom. The van der Waals surface area contributed by atoms with E-state index in [0.717, 1.165) is 25.7 Å². The number of unbranched alkanes of at least 4 members (excludes halogenated alkanes) is 2. The first-order valence-electron chi connectivity index (χ1n) is 7.86. The van der Waals surface area contributed by atoms with Crippen LogP contribution in [-0.2, 0) is 20.9 Å². The molecule has 0 aliphatic carbocycles. The van der Waals surface area contributed by atoms with Gasteiger partial charge < -0.3 is 9.53 Å². The van der Waals surface area contributed by atoms with Gasteiger partial charge >= 0.3 is 5.97 Å². The van der Waals surface area contributed by atoms with Crippen LogP contribution in [0, 0.1) is 0 Å². The zero-order valence-corrected chi connectivity index (χ0v) is 13.9. The third-order valence-electron chi connectivity index (χ3n) is 3.79. The number of methoxy groups -OCH3 is 1. The summed E-state index contributed by atoms with van der Waals surface area (Å²) in [5.41, 5.74) is 1.18. The second kappa shape index (κ2) is 10.1. The van der Waals surface area contributed by atoms with Gasteiger partial charge in [-0.25, -0.2) is 0 Å². The lowest BCUT2D eigenvalue weighted by atomic mass is 10.0. The molecule has 22 heavy (non-hydrogen) atoms. The third-order valence-corrected chi connectivity index (χ3v) is 3.79. The molecule has 0 aliphatic heterocycles. The highest BCUT2D eigenvalue weighted by atomic mass is 16.5. The fraction of sp³-hybridized carbons (Fsp3) is 0.556. The average Bonchev–Trinajstić information content (AvgIpc) is 2.50. The number of likely N-dealkylation sites (N-methyl/N-ethyl adjacent to an activating group) is 1. The number of carbonyl (C=O) groups is 2. The summed E-state index contributed by atoms with van der Waals surface area (Å²) in [6, 6.07) is 9.85. The Balaban J connectivity index is 2.49. The first-order valence-corrected chi connectivity index (χ1v) is 7.86. The van der Waals surface area contributed by atoms with E-state index in [9.17, 15) is 9.59 Å². The minimum atomic E-state index is -0.234. The van der Waals surface area contributed by atoms with Crippen LogP contribution in [0.5, 0.6) is 0 Å². The minimum absolute atomic E-state index is 0.190. The number of hydrogen-bond acceptors (Lipinski definition) is 4. The van der Waals surface area contributed by atoms with Crippen LogP contribution in [0.3, 0.4) is 0 Å². The Kier molecular flexibility index (Phi) is 8.44. The molecular weight excluding hydrogens is 278 g/mol. The smallest absolute Gasteiger partial charge is 0.323 e.